The maximum Gasteiger partial charge on any atom is 0.231 e. The van der Waals surface area contributed by atoms with Crippen LogP contribution in [0, 0.1) is 6.92 Å². The van der Waals surface area contributed by atoms with E-state index in [4.69, 9.17) is 20.3 Å². The van der Waals surface area contributed by atoms with Gasteiger partial charge in [-0.3, -0.25) is 0 Å². The molecule has 0 saturated heterocycles. The van der Waals surface area contributed by atoms with E-state index in [2.05, 4.69) is 0 Å². The molecule has 0 spiro atoms. The summed E-state index contributed by atoms with van der Waals surface area (Å²) in [4.78, 5) is 0. The van der Waals surface area contributed by atoms with Gasteiger partial charge in [-0.25, -0.2) is 13.6 Å². The first kappa shape index (κ1) is 17.1. The van der Waals surface area contributed by atoms with Gasteiger partial charge < -0.3 is 15.2 Å². The Morgan fingerprint density at radius 3 is 2.30 bits per heavy atom. The van der Waals surface area contributed by atoms with E-state index in [1.54, 1.807) is 6.07 Å². The number of nitrogen functional groups attached to an aromatic ring is 1. The van der Waals surface area contributed by atoms with Crippen LogP contribution < -0.4 is 20.3 Å². The molecule has 6 nitrogen and oxygen atoms in total. The maximum absolute atomic E-state index is 10.6. The molecule has 0 aliphatic carbocycles. The molecule has 0 fully saturated rings. The lowest BCUT2D eigenvalue weighted by Crippen LogP contribution is -2.17. The molecule has 0 atom stereocenters. The smallest absolute Gasteiger partial charge is 0.231 e. The summed E-state index contributed by atoms with van der Waals surface area (Å²) in [5.41, 5.74) is 8.42. The van der Waals surface area contributed by atoms with Crippen molar-refractivity contribution in [3.05, 3.63) is 53.6 Å². The average molecular weight is 336 g/mol. The molecular formula is C16H20N2O4S. The van der Waals surface area contributed by atoms with E-state index in [1.165, 1.54) is 0 Å². The third kappa shape index (κ3) is 5.46. The van der Waals surface area contributed by atoms with Crippen molar-refractivity contribution in [3.63, 3.8) is 0 Å². The van der Waals surface area contributed by atoms with Gasteiger partial charge in [0.1, 0.15) is 0 Å². The fraction of sp³-hybridized carbons (Fsp3) is 0.250. The van der Waals surface area contributed by atoms with Gasteiger partial charge in [0, 0.05) is 11.8 Å². The molecule has 0 radical (unpaired) electrons. The van der Waals surface area contributed by atoms with Gasteiger partial charge in [-0.05, 0) is 30.5 Å². The fourth-order valence-corrected chi connectivity index (χ4v) is 2.48. The van der Waals surface area contributed by atoms with Gasteiger partial charge >= 0.3 is 0 Å². The second kappa shape index (κ2) is 7.34. The minimum absolute atomic E-state index is 0.0109. The molecule has 0 aromatic heterocycles. The van der Waals surface area contributed by atoms with Gasteiger partial charge in [0.25, 0.3) is 0 Å². The molecule has 2 aromatic carbocycles. The van der Waals surface area contributed by atoms with Crippen LogP contribution in [0.25, 0.3) is 0 Å². The Morgan fingerprint density at radius 1 is 1.09 bits per heavy atom. The highest BCUT2D eigenvalue weighted by atomic mass is 32.2. The standard InChI is InChI=1S/C8H11NO2S.C8H9NO2/c9-12(10,11)7-6-8-4-2-1-3-5-8;1-5-2-7-8(3-6(5)9)11-4-10-7/h1-5H,6-7H2,(H2,9,10,11);2-3H,4,9H2,1H3. The number of hydrogen-bond acceptors (Lipinski definition) is 5. The Balaban J connectivity index is 0.000000167. The minimum atomic E-state index is -3.32. The van der Waals surface area contributed by atoms with E-state index in [1.807, 2.05) is 43.3 Å². The van der Waals surface area contributed by atoms with E-state index in [9.17, 15) is 8.42 Å². The molecule has 4 N–H and O–H groups in total. The predicted molar refractivity (Wildman–Crippen MR) is 89.8 cm³/mol. The minimum Gasteiger partial charge on any atom is -0.454 e. The zero-order valence-corrected chi connectivity index (χ0v) is 13.7. The van der Waals surface area contributed by atoms with Crippen LogP contribution >= 0.6 is 0 Å². The number of aryl methyl sites for hydroxylation is 2. The van der Waals surface area contributed by atoms with Crippen molar-refractivity contribution in [1.82, 2.24) is 0 Å². The topological polar surface area (TPSA) is 105 Å². The van der Waals surface area contributed by atoms with Crippen LogP contribution in [0.5, 0.6) is 11.5 Å². The Morgan fingerprint density at radius 2 is 1.70 bits per heavy atom. The van der Waals surface area contributed by atoms with Gasteiger partial charge in [-0.1, -0.05) is 30.3 Å². The molecule has 0 saturated carbocycles. The molecule has 0 unspecified atom stereocenters. The summed E-state index contributed by atoms with van der Waals surface area (Å²) in [6.45, 7) is 2.25. The first-order valence-electron chi connectivity index (χ1n) is 7.05. The zero-order valence-electron chi connectivity index (χ0n) is 12.9. The summed E-state index contributed by atoms with van der Waals surface area (Å²) in [5, 5.41) is 4.86. The first-order valence-corrected chi connectivity index (χ1v) is 8.77. The Labute approximate surface area is 136 Å². The Bertz CT molecular complexity index is 732. The van der Waals surface area contributed by atoms with Crippen LogP contribution in [0.4, 0.5) is 5.69 Å². The summed E-state index contributed by atoms with van der Waals surface area (Å²) in [7, 11) is -3.32. The lowest BCUT2D eigenvalue weighted by Gasteiger charge is -2.00. The monoisotopic (exact) mass is 336 g/mol. The third-order valence-electron chi connectivity index (χ3n) is 3.28. The SMILES string of the molecule is Cc1cc2c(cc1N)OCO2.NS(=O)(=O)CCc1ccccc1. The quantitative estimate of drug-likeness (QED) is 0.832. The molecule has 3 rings (SSSR count). The van der Waals surface area contributed by atoms with E-state index in [-0.39, 0.29) is 5.75 Å². The van der Waals surface area contributed by atoms with Crippen LogP contribution in [0.15, 0.2) is 42.5 Å². The van der Waals surface area contributed by atoms with Crippen LogP contribution in [-0.2, 0) is 16.4 Å². The molecule has 1 aliphatic heterocycles. The van der Waals surface area contributed by atoms with Gasteiger partial charge in [0.05, 0.1) is 5.75 Å². The second-order valence-corrected chi connectivity index (χ2v) is 6.90. The number of fused-ring (bicyclic) bond motifs is 1. The van der Waals surface area contributed by atoms with Crippen molar-refractivity contribution in [2.24, 2.45) is 5.14 Å². The maximum atomic E-state index is 10.6. The normalized spacial score (nSPS) is 12.4. The molecule has 124 valence electrons. The Hall–Kier alpha value is -2.25. The highest BCUT2D eigenvalue weighted by Gasteiger charge is 2.13. The van der Waals surface area contributed by atoms with E-state index in [0.717, 1.165) is 28.3 Å². The van der Waals surface area contributed by atoms with Crippen molar-refractivity contribution in [2.75, 3.05) is 18.3 Å². The largest absolute Gasteiger partial charge is 0.454 e. The number of primary sulfonamides is 1. The summed E-state index contributed by atoms with van der Waals surface area (Å²) in [6, 6.07) is 13.1. The number of hydrogen-bond donors (Lipinski definition) is 2. The van der Waals surface area contributed by atoms with Gasteiger partial charge in [-0.2, -0.15) is 0 Å². The van der Waals surface area contributed by atoms with Crippen LogP contribution in [0.1, 0.15) is 11.1 Å². The number of sulfonamides is 1. The lowest BCUT2D eigenvalue weighted by atomic mass is 10.2. The van der Waals surface area contributed by atoms with Crippen LogP contribution in [-0.4, -0.2) is 21.0 Å². The molecule has 0 amide bonds. The molecule has 2 aromatic rings. The summed E-state index contributed by atoms with van der Waals surface area (Å²) in [6.07, 6.45) is 0.486. The third-order valence-corrected chi connectivity index (χ3v) is 4.05. The number of benzene rings is 2. The lowest BCUT2D eigenvalue weighted by molar-refractivity contribution is 0.174. The van der Waals surface area contributed by atoms with Crippen LogP contribution in [0.2, 0.25) is 0 Å². The average Bonchev–Trinajstić information content (AvgIpc) is 2.94. The number of ether oxygens (including phenoxy) is 2. The number of rotatable bonds is 3. The molecule has 23 heavy (non-hydrogen) atoms. The zero-order chi connectivity index (χ0) is 16.9. The van der Waals surface area contributed by atoms with Crippen molar-refractivity contribution >= 4 is 15.7 Å². The predicted octanol–water partition coefficient (Wildman–Crippen LogP) is 1.82. The van der Waals surface area contributed by atoms with E-state index < -0.39 is 10.0 Å². The van der Waals surface area contributed by atoms with Crippen molar-refractivity contribution in [2.45, 2.75) is 13.3 Å². The van der Waals surface area contributed by atoms with E-state index >= 15 is 0 Å². The van der Waals surface area contributed by atoms with Gasteiger partial charge in [0.15, 0.2) is 11.5 Å². The Kier molecular flexibility index (Phi) is 5.46. The molecular weight excluding hydrogens is 316 g/mol. The van der Waals surface area contributed by atoms with Crippen molar-refractivity contribution < 1.29 is 17.9 Å². The fourth-order valence-electron chi connectivity index (χ4n) is 1.96. The number of anilines is 1. The second-order valence-electron chi connectivity index (χ2n) is 5.16. The highest BCUT2D eigenvalue weighted by molar-refractivity contribution is 7.89. The van der Waals surface area contributed by atoms with Crippen molar-refractivity contribution in [1.29, 1.82) is 0 Å². The molecule has 1 aliphatic rings. The first-order chi connectivity index (χ1) is 10.8. The summed E-state index contributed by atoms with van der Waals surface area (Å²) in [5.74, 6) is 1.54. The molecule has 0 bridgehead atoms. The van der Waals surface area contributed by atoms with Gasteiger partial charge in [-0.15, -0.1) is 0 Å². The summed E-state index contributed by atoms with van der Waals surface area (Å²) >= 11 is 0. The highest BCUT2D eigenvalue weighted by Crippen LogP contribution is 2.35. The molecule has 1 heterocycles. The number of nitrogens with two attached hydrogens (primary N) is 2. The van der Waals surface area contributed by atoms with Crippen molar-refractivity contribution in [3.8, 4) is 11.5 Å². The van der Waals surface area contributed by atoms with Crippen LogP contribution in [0.3, 0.4) is 0 Å². The van der Waals surface area contributed by atoms with Gasteiger partial charge in [0.2, 0.25) is 16.8 Å². The molecule has 7 heteroatoms. The summed E-state index contributed by atoms with van der Waals surface area (Å²) < 4.78 is 31.5. The van der Waals surface area contributed by atoms with E-state index in [0.29, 0.717) is 13.2 Å².